The molecule has 5 nitrogen and oxygen atoms in total. The molecule has 0 aliphatic rings. The fraction of sp³-hybridized carbons (Fsp3) is 0.333. The molecule has 0 unspecified atom stereocenters. The summed E-state index contributed by atoms with van der Waals surface area (Å²) in [4.78, 5) is 6.33. The molecule has 0 spiro atoms. The average molecular weight is 267 g/mol. The van der Waals surface area contributed by atoms with Gasteiger partial charge in [0, 0.05) is 23.8 Å². The minimum Gasteiger partial charge on any atom is -0.398 e. The van der Waals surface area contributed by atoms with E-state index >= 15 is 0 Å². The van der Waals surface area contributed by atoms with Gasteiger partial charge in [-0.2, -0.15) is 4.98 Å². The molecule has 2 rings (SSSR count). The summed E-state index contributed by atoms with van der Waals surface area (Å²) < 4.78 is 5.23. The van der Waals surface area contributed by atoms with Crippen LogP contribution in [0.25, 0.3) is 11.5 Å². The first-order chi connectivity index (χ1) is 8.65. The highest BCUT2D eigenvalue weighted by Gasteiger charge is 2.15. The van der Waals surface area contributed by atoms with Crippen LogP contribution in [0.4, 0.5) is 11.6 Å². The van der Waals surface area contributed by atoms with E-state index in [-0.39, 0.29) is 0 Å². The van der Waals surface area contributed by atoms with Crippen molar-refractivity contribution in [2.75, 3.05) is 23.7 Å². The number of anilines is 2. The predicted octanol–water partition coefficient (Wildman–Crippen LogP) is 2.82. The minimum atomic E-state index is 0.386. The number of benzene rings is 1. The first-order valence-corrected chi connectivity index (χ1v) is 6.17. The van der Waals surface area contributed by atoms with Crippen LogP contribution in [0.15, 0.2) is 22.7 Å². The molecule has 0 atom stereocenters. The Morgan fingerprint density at radius 3 is 2.72 bits per heavy atom. The first kappa shape index (κ1) is 12.7. The van der Waals surface area contributed by atoms with Crippen molar-refractivity contribution in [3.8, 4) is 11.5 Å². The molecular formula is C12H15ClN4O. The van der Waals surface area contributed by atoms with Gasteiger partial charge in [0.15, 0.2) is 0 Å². The van der Waals surface area contributed by atoms with Crippen LogP contribution < -0.4 is 10.6 Å². The van der Waals surface area contributed by atoms with Crippen molar-refractivity contribution in [1.29, 1.82) is 0 Å². The Bertz CT molecular complexity index is 537. The Labute approximate surface area is 111 Å². The van der Waals surface area contributed by atoms with Crippen molar-refractivity contribution in [2.45, 2.75) is 13.8 Å². The molecule has 2 N–H and O–H groups in total. The average Bonchev–Trinajstić information content (AvgIpc) is 2.83. The summed E-state index contributed by atoms with van der Waals surface area (Å²) in [6.45, 7) is 5.71. The number of nitrogens with zero attached hydrogens (tertiary/aromatic N) is 3. The number of nitrogens with two attached hydrogens (primary N) is 1. The molecule has 0 bridgehead atoms. The van der Waals surface area contributed by atoms with E-state index in [0.717, 1.165) is 13.1 Å². The van der Waals surface area contributed by atoms with Crippen LogP contribution in [0.5, 0.6) is 0 Å². The van der Waals surface area contributed by atoms with Crippen molar-refractivity contribution >= 4 is 23.2 Å². The Morgan fingerprint density at radius 2 is 2.06 bits per heavy atom. The third kappa shape index (κ3) is 2.41. The third-order valence-electron chi connectivity index (χ3n) is 2.71. The van der Waals surface area contributed by atoms with Crippen molar-refractivity contribution in [1.82, 2.24) is 10.1 Å². The van der Waals surface area contributed by atoms with E-state index in [4.69, 9.17) is 21.9 Å². The molecule has 0 fully saturated rings. The monoisotopic (exact) mass is 266 g/mol. The number of aromatic nitrogens is 2. The summed E-state index contributed by atoms with van der Waals surface area (Å²) in [6.07, 6.45) is 0. The van der Waals surface area contributed by atoms with Gasteiger partial charge in [-0.15, -0.1) is 0 Å². The van der Waals surface area contributed by atoms with Crippen LogP contribution >= 0.6 is 11.6 Å². The van der Waals surface area contributed by atoms with Crippen LogP contribution in [0.2, 0.25) is 5.02 Å². The maximum atomic E-state index is 5.93. The van der Waals surface area contributed by atoms with E-state index in [0.29, 0.717) is 28.1 Å². The Kier molecular flexibility index (Phi) is 3.72. The van der Waals surface area contributed by atoms with Gasteiger partial charge in [-0.1, -0.05) is 11.6 Å². The van der Waals surface area contributed by atoms with Crippen LogP contribution in [0.3, 0.4) is 0 Å². The zero-order valence-electron chi connectivity index (χ0n) is 10.4. The Morgan fingerprint density at radius 1 is 1.33 bits per heavy atom. The number of rotatable bonds is 4. The highest BCUT2D eigenvalue weighted by molar-refractivity contribution is 6.31. The molecule has 0 saturated heterocycles. The molecule has 0 amide bonds. The van der Waals surface area contributed by atoms with Gasteiger partial charge in [0.05, 0.1) is 5.56 Å². The van der Waals surface area contributed by atoms with E-state index in [1.165, 1.54) is 0 Å². The van der Waals surface area contributed by atoms with Crippen molar-refractivity contribution in [3.05, 3.63) is 23.2 Å². The van der Waals surface area contributed by atoms with Crippen LogP contribution in [0.1, 0.15) is 13.8 Å². The van der Waals surface area contributed by atoms with E-state index in [9.17, 15) is 0 Å². The topological polar surface area (TPSA) is 68.2 Å². The molecule has 6 heteroatoms. The smallest absolute Gasteiger partial charge is 0.266 e. The van der Waals surface area contributed by atoms with Gasteiger partial charge >= 0.3 is 0 Å². The zero-order valence-corrected chi connectivity index (χ0v) is 11.1. The highest BCUT2D eigenvalue weighted by atomic mass is 35.5. The lowest BCUT2D eigenvalue weighted by atomic mass is 10.2. The third-order valence-corrected chi connectivity index (χ3v) is 2.94. The number of hydrogen-bond acceptors (Lipinski definition) is 5. The molecule has 0 radical (unpaired) electrons. The van der Waals surface area contributed by atoms with Crippen LogP contribution in [-0.4, -0.2) is 23.2 Å². The van der Waals surface area contributed by atoms with E-state index in [1.807, 2.05) is 18.7 Å². The second-order valence-electron chi connectivity index (χ2n) is 3.80. The number of halogens is 1. The highest BCUT2D eigenvalue weighted by Crippen LogP contribution is 2.28. The lowest BCUT2D eigenvalue weighted by molar-refractivity contribution is 0.429. The van der Waals surface area contributed by atoms with Gasteiger partial charge in [0.1, 0.15) is 0 Å². The van der Waals surface area contributed by atoms with E-state index in [1.54, 1.807) is 18.2 Å². The lowest BCUT2D eigenvalue weighted by Gasteiger charge is -2.14. The standard InChI is InChI=1S/C12H15ClN4O/c1-3-17(4-2)12-15-11(18-16-12)9-7-8(13)5-6-10(9)14/h5-7H,3-4,14H2,1-2H3. The van der Waals surface area contributed by atoms with Crippen molar-refractivity contribution in [2.24, 2.45) is 0 Å². The van der Waals surface area contributed by atoms with Gasteiger partial charge in [0.2, 0.25) is 0 Å². The summed E-state index contributed by atoms with van der Waals surface area (Å²) in [5, 5.41) is 4.53. The normalized spacial score (nSPS) is 10.6. The van der Waals surface area contributed by atoms with Gasteiger partial charge in [-0.3, -0.25) is 0 Å². The van der Waals surface area contributed by atoms with Gasteiger partial charge in [-0.05, 0) is 37.2 Å². The number of nitrogen functional groups attached to an aromatic ring is 1. The number of hydrogen-bond donors (Lipinski definition) is 1. The zero-order chi connectivity index (χ0) is 13.1. The maximum absolute atomic E-state index is 5.93. The molecular weight excluding hydrogens is 252 g/mol. The molecule has 96 valence electrons. The van der Waals surface area contributed by atoms with E-state index in [2.05, 4.69) is 10.1 Å². The molecule has 0 aliphatic carbocycles. The van der Waals surface area contributed by atoms with Crippen LogP contribution in [-0.2, 0) is 0 Å². The summed E-state index contributed by atoms with van der Waals surface area (Å²) >= 11 is 5.93. The van der Waals surface area contributed by atoms with Crippen LogP contribution in [0, 0.1) is 0 Å². The summed E-state index contributed by atoms with van der Waals surface area (Å²) in [7, 11) is 0. The van der Waals surface area contributed by atoms with Gasteiger partial charge < -0.3 is 15.2 Å². The van der Waals surface area contributed by atoms with Gasteiger partial charge in [-0.25, -0.2) is 0 Å². The van der Waals surface area contributed by atoms with Gasteiger partial charge in [0.25, 0.3) is 11.8 Å². The molecule has 0 saturated carbocycles. The summed E-state index contributed by atoms with van der Waals surface area (Å²) in [5.41, 5.74) is 7.10. The molecule has 1 aromatic heterocycles. The molecule has 18 heavy (non-hydrogen) atoms. The summed E-state index contributed by atoms with van der Waals surface area (Å²) in [6, 6.07) is 5.16. The maximum Gasteiger partial charge on any atom is 0.266 e. The second-order valence-corrected chi connectivity index (χ2v) is 4.24. The fourth-order valence-corrected chi connectivity index (χ4v) is 1.85. The summed E-state index contributed by atoms with van der Waals surface area (Å²) in [5.74, 6) is 0.950. The van der Waals surface area contributed by atoms with Crippen molar-refractivity contribution < 1.29 is 4.52 Å². The Hall–Kier alpha value is -1.75. The Balaban J connectivity index is 2.37. The second kappa shape index (κ2) is 5.27. The molecule has 1 aromatic carbocycles. The minimum absolute atomic E-state index is 0.386. The quantitative estimate of drug-likeness (QED) is 0.862. The SMILES string of the molecule is CCN(CC)c1noc(-c2cc(Cl)ccc2N)n1. The van der Waals surface area contributed by atoms with Crippen molar-refractivity contribution in [3.63, 3.8) is 0 Å². The lowest BCUT2D eigenvalue weighted by Crippen LogP contribution is -2.22. The predicted molar refractivity (Wildman–Crippen MR) is 72.7 cm³/mol. The molecule has 1 heterocycles. The van der Waals surface area contributed by atoms with E-state index < -0.39 is 0 Å². The largest absolute Gasteiger partial charge is 0.398 e. The first-order valence-electron chi connectivity index (χ1n) is 5.79. The molecule has 0 aliphatic heterocycles. The fourth-order valence-electron chi connectivity index (χ4n) is 1.67. The molecule has 2 aromatic rings.